The van der Waals surface area contributed by atoms with E-state index in [2.05, 4.69) is 22.0 Å². The van der Waals surface area contributed by atoms with E-state index < -0.39 is 0 Å². The zero-order chi connectivity index (χ0) is 18.1. The van der Waals surface area contributed by atoms with Crippen LogP contribution in [-0.4, -0.2) is 53.3 Å². The molecule has 142 valence electrons. The molecule has 1 atom stereocenters. The van der Waals surface area contributed by atoms with Gasteiger partial charge in [-0.15, -0.1) is 0 Å². The van der Waals surface area contributed by atoms with Crippen molar-refractivity contribution < 1.29 is 13.7 Å². The van der Waals surface area contributed by atoms with Crippen LogP contribution >= 0.6 is 0 Å². The Hall–Kier alpha value is -1.63. The summed E-state index contributed by atoms with van der Waals surface area (Å²) in [6, 6.07) is 4.45. The molecule has 6 nitrogen and oxygen atoms in total. The number of aromatic nitrogens is 1. The van der Waals surface area contributed by atoms with Crippen molar-refractivity contribution in [2.45, 2.75) is 57.8 Å². The molecule has 4 rings (SSSR count). The van der Waals surface area contributed by atoms with Gasteiger partial charge in [0.1, 0.15) is 11.5 Å². The van der Waals surface area contributed by atoms with Gasteiger partial charge in [-0.3, -0.25) is 9.80 Å². The highest BCUT2D eigenvalue weighted by atomic mass is 16.5. The minimum atomic E-state index is 0.0529. The van der Waals surface area contributed by atoms with Crippen molar-refractivity contribution in [2.75, 3.05) is 26.7 Å². The van der Waals surface area contributed by atoms with Crippen LogP contribution in [0.15, 0.2) is 27.3 Å². The Morgan fingerprint density at radius 3 is 2.77 bits per heavy atom. The van der Waals surface area contributed by atoms with Crippen molar-refractivity contribution in [1.82, 2.24) is 15.0 Å². The van der Waals surface area contributed by atoms with Gasteiger partial charge >= 0.3 is 0 Å². The lowest BCUT2D eigenvalue weighted by Crippen LogP contribution is -2.44. The molecule has 0 aliphatic carbocycles. The maximum Gasteiger partial charge on any atom is 0.138 e. The third-order valence-electron chi connectivity index (χ3n) is 6.13. The number of rotatable bonds is 5. The monoisotopic (exact) mass is 359 g/mol. The zero-order valence-electron chi connectivity index (χ0n) is 16.0. The van der Waals surface area contributed by atoms with E-state index in [1.165, 1.54) is 5.56 Å². The fourth-order valence-corrected chi connectivity index (χ4v) is 4.30. The third kappa shape index (κ3) is 3.59. The van der Waals surface area contributed by atoms with Crippen molar-refractivity contribution in [3.8, 4) is 0 Å². The summed E-state index contributed by atoms with van der Waals surface area (Å²) in [5.41, 5.74) is 2.31. The molecule has 0 unspecified atom stereocenters. The third-order valence-corrected chi connectivity index (χ3v) is 6.13. The predicted octanol–water partition coefficient (Wildman–Crippen LogP) is 3.14. The summed E-state index contributed by atoms with van der Waals surface area (Å²) in [7, 11) is 2.17. The largest absolute Gasteiger partial charge is 0.468 e. The standard InChI is InChI=1S/C20H29N3O3/c1-15-19(16(2)26-21-15)13-23-8-6-20(7-9-23)11-17(14-25-20)22(3)12-18-5-4-10-24-18/h4-5,10,17H,6-9,11-14H2,1-3H3/t17-/m0/s1. The van der Waals surface area contributed by atoms with Crippen molar-refractivity contribution in [2.24, 2.45) is 0 Å². The van der Waals surface area contributed by atoms with Gasteiger partial charge in [0.05, 0.1) is 30.7 Å². The molecule has 2 aliphatic rings. The van der Waals surface area contributed by atoms with Crippen molar-refractivity contribution in [3.05, 3.63) is 41.2 Å². The van der Waals surface area contributed by atoms with Crippen LogP contribution in [0.25, 0.3) is 0 Å². The van der Waals surface area contributed by atoms with Gasteiger partial charge in [-0.1, -0.05) is 5.16 Å². The van der Waals surface area contributed by atoms with Crippen LogP contribution < -0.4 is 0 Å². The average Bonchev–Trinajstić information content (AvgIpc) is 3.35. The summed E-state index contributed by atoms with van der Waals surface area (Å²) in [4.78, 5) is 4.87. The molecule has 0 aromatic carbocycles. The second-order valence-electron chi connectivity index (χ2n) is 7.93. The Morgan fingerprint density at radius 1 is 1.31 bits per heavy atom. The minimum absolute atomic E-state index is 0.0529. The molecule has 2 aliphatic heterocycles. The molecule has 6 heteroatoms. The van der Waals surface area contributed by atoms with E-state index in [0.717, 1.165) is 69.3 Å². The highest BCUT2D eigenvalue weighted by Gasteiger charge is 2.43. The second kappa shape index (κ2) is 7.18. The van der Waals surface area contributed by atoms with E-state index in [-0.39, 0.29) is 5.60 Å². The highest BCUT2D eigenvalue weighted by molar-refractivity contribution is 5.20. The van der Waals surface area contributed by atoms with Crippen LogP contribution in [0.5, 0.6) is 0 Å². The van der Waals surface area contributed by atoms with E-state index in [0.29, 0.717) is 6.04 Å². The van der Waals surface area contributed by atoms with Crippen LogP contribution in [-0.2, 0) is 17.8 Å². The Bertz CT molecular complexity index is 697. The summed E-state index contributed by atoms with van der Waals surface area (Å²) in [6.45, 7) is 8.75. The molecule has 2 aromatic heterocycles. The highest BCUT2D eigenvalue weighted by Crippen LogP contribution is 2.38. The number of piperidine rings is 1. The van der Waals surface area contributed by atoms with Gasteiger partial charge in [0, 0.05) is 31.2 Å². The number of ether oxygens (including phenoxy) is 1. The average molecular weight is 359 g/mol. The summed E-state index contributed by atoms with van der Waals surface area (Å²) < 4.78 is 17.1. The maximum absolute atomic E-state index is 6.34. The van der Waals surface area contributed by atoms with Crippen LogP contribution in [0.3, 0.4) is 0 Å². The summed E-state index contributed by atoms with van der Waals surface area (Å²) in [5, 5.41) is 4.07. The number of likely N-dealkylation sites (N-methyl/N-ethyl adjacent to an activating group) is 1. The number of hydrogen-bond acceptors (Lipinski definition) is 6. The summed E-state index contributed by atoms with van der Waals surface area (Å²) in [5.74, 6) is 1.96. The molecule has 2 fully saturated rings. The lowest BCUT2D eigenvalue weighted by Gasteiger charge is -2.39. The zero-order valence-corrected chi connectivity index (χ0v) is 16.0. The second-order valence-corrected chi connectivity index (χ2v) is 7.93. The predicted molar refractivity (Wildman–Crippen MR) is 97.8 cm³/mol. The van der Waals surface area contributed by atoms with Crippen LogP contribution in [0.2, 0.25) is 0 Å². The molecule has 0 N–H and O–H groups in total. The first-order chi connectivity index (χ1) is 12.5. The lowest BCUT2D eigenvalue weighted by molar-refractivity contribution is -0.0453. The summed E-state index contributed by atoms with van der Waals surface area (Å²) >= 11 is 0. The first kappa shape index (κ1) is 17.8. The van der Waals surface area contributed by atoms with Crippen molar-refractivity contribution in [1.29, 1.82) is 0 Å². The molecule has 2 saturated heterocycles. The molecular formula is C20H29N3O3. The Kier molecular flexibility index (Phi) is 4.90. The number of nitrogens with zero attached hydrogens (tertiary/aromatic N) is 3. The molecule has 0 bridgehead atoms. The van der Waals surface area contributed by atoms with E-state index in [9.17, 15) is 0 Å². The molecule has 0 amide bonds. The molecule has 2 aromatic rings. The fraction of sp³-hybridized carbons (Fsp3) is 0.650. The van der Waals surface area contributed by atoms with Gasteiger partial charge in [-0.25, -0.2) is 0 Å². The molecule has 1 spiro atoms. The molecule has 0 radical (unpaired) electrons. The Morgan fingerprint density at radius 2 is 2.12 bits per heavy atom. The van der Waals surface area contributed by atoms with Gasteiger partial charge in [0.25, 0.3) is 0 Å². The maximum atomic E-state index is 6.34. The first-order valence-electron chi connectivity index (χ1n) is 9.55. The minimum Gasteiger partial charge on any atom is -0.468 e. The van der Waals surface area contributed by atoms with Crippen LogP contribution in [0.1, 0.15) is 42.0 Å². The topological polar surface area (TPSA) is 54.9 Å². The van der Waals surface area contributed by atoms with E-state index in [1.807, 2.05) is 26.0 Å². The van der Waals surface area contributed by atoms with E-state index in [1.54, 1.807) is 6.26 Å². The van der Waals surface area contributed by atoms with E-state index in [4.69, 9.17) is 13.7 Å². The van der Waals surface area contributed by atoms with Gasteiger partial charge in [-0.2, -0.15) is 0 Å². The molecule has 0 saturated carbocycles. The van der Waals surface area contributed by atoms with Gasteiger partial charge < -0.3 is 13.7 Å². The molecule has 26 heavy (non-hydrogen) atoms. The van der Waals surface area contributed by atoms with Crippen LogP contribution in [0.4, 0.5) is 0 Å². The first-order valence-corrected chi connectivity index (χ1v) is 9.55. The van der Waals surface area contributed by atoms with Gasteiger partial charge in [0.15, 0.2) is 0 Å². The van der Waals surface area contributed by atoms with Crippen LogP contribution in [0, 0.1) is 13.8 Å². The Labute approximate surface area is 155 Å². The fourth-order valence-electron chi connectivity index (χ4n) is 4.30. The number of aryl methyl sites for hydroxylation is 2. The molecule has 4 heterocycles. The molecular weight excluding hydrogens is 330 g/mol. The van der Waals surface area contributed by atoms with Crippen molar-refractivity contribution in [3.63, 3.8) is 0 Å². The lowest BCUT2D eigenvalue weighted by atomic mass is 9.87. The van der Waals surface area contributed by atoms with Crippen molar-refractivity contribution >= 4 is 0 Å². The quantitative estimate of drug-likeness (QED) is 0.817. The van der Waals surface area contributed by atoms with E-state index >= 15 is 0 Å². The SMILES string of the molecule is Cc1noc(C)c1CN1CCC2(CC1)C[C@H](N(C)Cc1ccco1)CO2. The Balaban J connectivity index is 1.30. The number of hydrogen-bond donors (Lipinski definition) is 0. The summed E-state index contributed by atoms with van der Waals surface area (Å²) in [6.07, 6.45) is 5.05. The smallest absolute Gasteiger partial charge is 0.138 e. The normalized spacial score (nSPS) is 23.3. The van der Waals surface area contributed by atoms with Gasteiger partial charge in [0.2, 0.25) is 0 Å². The number of likely N-dealkylation sites (tertiary alicyclic amines) is 1. The number of furan rings is 1. The van der Waals surface area contributed by atoms with Gasteiger partial charge in [-0.05, 0) is 52.3 Å².